The topological polar surface area (TPSA) is 109 Å². The molecule has 1 aliphatic rings. The average molecular weight is 474 g/mol. The van der Waals surface area contributed by atoms with Crippen molar-refractivity contribution in [3.63, 3.8) is 0 Å². The van der Waals surface area contributed by atoms with Gasteiger partial charge in [0.15, 0.2) is 0 Å². The number of nitrogens with two attached hydrogens (primary N) is 1. The first-order chi connectivity index (χ1) is 16.7. The van der Waals surface area contributed by atoms with Crippen LogP contribution in [0.25, 0.3) is 21.3 Å². The van der Waals surface area contributed by atoms with Crippen LogP contribution < -0.4 is 16.4 Å². The number of pyridine rings is 1. The van der Waals surface area contributed by atoms with Gasteiger partial charge in [-0.25, -0.2) is 15.0 Å². The Morgan fingerprint density at radius 1 is 1.09 bits per heavy atom. The SMILES string of the molecule is Nc1ncnc2ccc(-c3ccc(CNc4ncccc4C(=O)NCCN4CCCC4)s3)cc12. The summed E-state index contributed by atoms with van der Waals surface area (Å²) in [5.41, 5.74) is 8.48. The second kappa shape index (κ2) is 10.1. The van der Waals surface area contributed by atoms with E-state index in [1.54, 1.807) is 23.6 Å². The molecule has 1 fully saturated rings. The number of nitrogens with zero attached hydrogens (tertiary/aromatic N) is 4. The zero-order chi connectivity index (χ0) is 23.3. The van der Waals surface area contributed by atoms with Gasteiger partial charge in [-0.3, -0.25) is 4.79 Å². The van der Waals surface area contributed by atoms with Crippen LogP contribution in [-0.4, -0.2) is 51.9 Å². The largest absolute Gasteiger partial charge is 0.383 e. The van der Waals surface area contributed by atoms with E-state index in [1.165, 1.54) is 19.2 Å². The van der Waals surface area contributed by atoms with Gasteiger partial charge in [-0.1, -0.05) is 6.07 Å². The Morgan fingerprint density at radius 3 is 2.85 bits per heavy atom. The summed E-state index contributed by atoms with van der Waals surface area (Å²) in [6, 6.07) is 13.8. The summed E-state index contributed by atoms with van der Waals surface area (Å²) in [4.78, 5) is 30.2. The molecule has 174 valence electrons. The van der Waals surface area contributed by atoms with Gasteiger partial charge in [0.25, 0.3) is 5.91 Å². The first-order valence-electron chi connectivity index (χ1n) is 11.5. The Kier molecular flexibility index (Phi) is 6.64. The first kappa shape index (κ1) is 22.2. The van der Waals surface area contributed by atoms with Crippen molar-refractivity contribution in [3.05, 3.63) is 65.4 Å². The second-order valence-electron chi connectivity index (χ2n) is 8.31. The van der Waals surface area contributed by atoms with E-state index in [9.17, 15) is 4.79 Å². The predicted molar refractivity (Wildman–Crippen MR) is 137 cm³/mol. The van der Waals surface area contributed by atoms with E-state index in [0.717, 1.165) is 45.9 Å². The maximum absolute atomic E-state index is 12.7. The maximum atomic E-state index is 12.7. The highest BCUT2D eigenvalue weighted by Gasteiger charge is 2.15. The van der Waals surface area contributed by atoms with Crippen molar-refractivity contribution in [1.82, 2.24) is 25.2 Å². The fourth-order valence-electron chi connectivity index (χ4n) is 4.19. The third kappa shape index (κ3) is 5.00. The Morgan fingerprint density at radius 2 is 1.97 bits per heavy atom. The number of hydrogen-bond acceptors (Lipinski definition) is 8. The number of rotatable bonds is 8. The lowest BCUT2D eigenvalue weighted by molar-refractivity contribution is 0.0950. The normalized spacial score (nSPS) is 13.9. The van der Waals surface area contributed by atoms with Crippen LogP contribution in [0, 0.1) is 0 Å². The number of amides is 1. The van der Waals surface area contributed by atoms with Gasteiger partial charge in [-0.2, -0.15) is 0 Å². The molecule has 0 bridgehead atoms. The van der Waals surface area contributed by atoms with Gasteiger partial charge in [-0.15, -0.1) is 11.3 Å². The van der Waals surface area contributed by atoms with Gasteiger partial charge in [0.1, 0.15) is 18.0 Å². The summed E-state index contributed by atoms with van der Waals surface area (Å²) in [7, 11) is 0. The quantitative estimate of drug-likeness (QED) is 0.357. The van der Waals surface area contributed by atoms with Crippen LogP contribution in [0.1, 0.15) is 28.1 Å². The van der Waals surface area contributed by atoms with E-state index in [-0.39, 0.29) is 5.91 Å². The lowest BCUT2D eigenvalue weighted by Crippen LogP contribution is -2.33. The molecule has 0 aliphatic carbocycles. The molecule has 4 heterocycles. The van der Waals surface area contributed by atoms with Crippen LogP contribution in [0.2, 0.25) is 0 Å². The number of fused-ring (bicyclic) bond motifs is 1. The van der Waals surface area contributed by atoms with Crippen molar-refractivity contribution < 1.29 is 4.79 Å². The van der Waals surface area contributed by atoms with Crippen LogP contribution in [0.3, 0.4) is 0 Å². The van der Waals surface area contributed by atoms with Crippen LogP contribution in [0.5, 0.6) is 0 Å². The summed E-state index contributed by atoms with van der Waals surface area (Å²) in [5.74, 6) is 0.969. The predicted octanol–water partition coefficient (Wildman–Crippen LogP) is 3.77. The molecule has 0 spiro atoms. The van der Waals surface area contributed by atoms with Gasteiger partial charge in [-0.05, 0) is 67.9 Å². The number of thiophene rings is 1. The number of hydrogen-bond donors (Lipinski definition) is 3. The number of carbonyl (C=O) groups excluding carboxylic acids is 1. The minimum Gasteiger partial charge on any atom is -0.383 e. The summed E-state index contributed by atoms with van der Waals surface area (Å²) < 4.78 is 0. The third-order valence-electron chi connectivity index (χ3n) is 6.01. The monoisotopic (exact) mass is 473 g/mol. The van der Waals surface area contributed by atoms with Crippen molar-refractivity contribution in [3.8, 4) is 10.4 Å². The van der Waals surface area contributed by atoms with E-state index < -0.39 is 0 Å². The summed E-state index contributed by atoms with van der Waals surface area (Å²) in [6.07, 6.45) is 5.67. The highest BCUT2D eigenvalue weighted by molar-refractivity contribution is 7.15. The van der Waals surface area contributed by atoms with Gasteiger partial charge < -0.3 is 21.3 Å². The fourth-order valence-corrected chi connectivity index (χ4v) is 5.13. The summed E-state index contributed by atoms with van der Waals surface area (Å²) >= 11 is 1.68. The third-order valence-corrected chi connectivity index (χ3v) is 7.14. The number of anilines is 2. The summed E-state index contributed by atoms with van der Waals surface area (Å²) in [6.45, 7) is 4.36. The molecule has 0 saturated carbocycles. The van der Waals surface area contributed by atoms with Crippen LogP contribution in [0.4, 0.5) is 11.6 Å². The Balaban J connectivity index is 1.23. The van der Waals surface area contributed by atoms with Crippen molar-refractivity contribution in [2.24, 2.45) is 0 Å². The molecule has 4 aromatic rings. The molecule has 9 heteroatoms. The number of aromatic nitrogens is 3. The molecule has 1 aliphatic heterocycles. The van der Waals surface area contributed by atoms with Gasteiger partial charge in [0, 0.05) is 34.4 Å². The molecule has 34 heavy (non-hydrogen) atoms. The minimum atomic E-state index is -0.0994. The average Bonchev–Trinajstić information content (AvgIpc) is 3.55. The highest BCUT2D eigenvalue weighted by Crippen LogP contribution is 2.31. The van der Waals surface area contributed by atoms with Crippen molar-refractivity contribution in [2.45, 2.75) is 19.4 Å². The molecule has 8 nitrogen and oxygen atoms in total. The number of likely N-dealkylation sites (tertiary alicyclic amines) is 1. The fraction of sp³-hybridized carbons (Fsp3) is 0.280. The standard InChI is InChI=1S/C25H27N7OS/c26-23-20-14-17(5-7-21(20)30-16-31-23)22-8-6-18(34-22)15-29-24-19(4-3-9-27-24)25(33)28-10-13-32-11-1-2-12-32/h3-9,14,16H,1-2,10-13,15H2,(H,27,29)(H,28,33)(H2,26,30,31). The molecule has 1 amide bonds. The second-order valence-corrected chi connectivity index (χ2v) is 9.48. The molecule has 5 rings (SSSR count). The van der Waals surface area contributed by atoms with E-state index in [1.807, 2.05) is 24.3 Å². The molecule has 4 N–H and O–H groups in total. The molecule has 0 radical (unpaired) electrons. The molecule has 0 atom stereocenters. The Hall–Kier alpha value is -3.56. The van der Waals surface area contributed by atoms with Crippen molar-refractivity contribution in [2.75, 3.05) is 37.2 Å². The van der Waals surface area contributed by atoms with E-state index in [2.05, 4.69) is 42.6 Å². The molecule has 1 saturated heterocycles. The van der Waals surface area contributed by atoms with Gasteiger partial charge in [0.2, 0.25) is 0 Å². The van der Waals surface area contributed by atoms with Crippen molar-refractivity contribution >= 4 is 39.8 Å². The zero-order valence-corrected chi connectivity index (χ0v) is 19.6. The van der Waals surface area contributed by atoms with E-state index >= 15 is 0 Å². The van der Waals surface area contributed by atoms with Crippen molar-refractivity contribution in [1.29, 1.82) is 0 Å². The van der Waals surface area contributed by atoms with Crippen LogP contribution in [-0.2, 0) is 6.54 Å². The number of benzene rings is 1. The van der Waals surface area contributed by atoms with Gasteiger partial charge >= 0.3 is 0 Å². The Labute approximate surface area is 202 Å². The molecule has 3 aromatic heterocycles. The maximum Gasteiger partial charge on any atom is 0.255 e. The van der Waals surface area contributed by atoms with Crippen LogP contribution in [0.15, 0.2) is 55.0 Å². The minimum absolute atomic E-state index is 0.0994. The highest BCUT2D eigenvalue weighted by atomic mass is 32.1. The smallest absolute Gasteiger partial charge is 0.255 e. The first-order valence-corrected chi connectivity index (χ1v) is 12.3. The van der Waals surface area contributed by atoms with E-state index in [0.29, 0.717) is 30.3 Å². The molecular formula is C25H27N7OS. The van der Waals surface area contributed by atoms with Crippen LogP contribution >= 0.6 is 11.3 Å². The molecular weight excluding hydrogens is 446 g/mol. The number of nitrogen functional groups attached to an aromatic ring is 1. The molecule has 0 unspecified atom stereocenters. The van der Waals surface area contributed by atoms with E-state index in [4.69, 9.17) is 5.73 Å². The lowest BCUT2D eigenvalue weighted by atomic mass is 10.1. The molecule has 1 aromatic carbocycles. The number of nitrogens with one attached hydrogen (secondary N) is 2. The number of carbonyl (C=O) groups is 1. The lowest BCUT2D eigenvalue weighted by Gasteiger charge is -2.15. The summed E-state index contributed by atoms with van der Waals surface area (Å²) in [5, 5.41) is 7.21. The van der Waals surface area contributed by atoms with Gasteiger partial charge in [0.05, 0.1) is 17.6 Å². The zero-order valence-electron chi connectivity index (χ0n) is 18.8. The Bertz CT molecular complexity index is 1300.